The van der Waals surface area contributed by atoms with Crippen LogP contribution in [0.15, 0.2) is 48.5 Å². The molecule has 0 aliphatic carbocycles. The van der Waals surface area contributed by atoms with Gasteiger partial charge in [-0.1, -0.05) is 59.9 Å². The molecule has 2 rings (SSSR count). The first-order chi connectivity index (χ1) is 11.5. The van der Waals surface area contributed by atoms with Gasteiger partial charge in [-0.15, -0.1) is 0 Å². The summed E-state index contributed by atoms with van der Waals surface area (Å²) in [6, 6.07) is 15.1. The molecule has 0 bridgehead atoms. The molecule has 0 saturated heterocycles. The highest BCUT2D eigenvalue weighted by atomic mass is 32.2. The maximum absolute atomic E-state index is 12.0. The molecule has 1 N–H and O–H groups in total. The Balaban J connectivity index is 1.78. The van der Waals surface area contributed by atoms with E-state index in [1.807, 2.05) is 56.3 Å². The van der Waals surface area contributed by atoms with Crippen molar-refractivity contribution in [2.45, 2.75) is 19.6 Å². The minimum atomic E-state index is -3.39. The predicted molar refractivity (Wildman–Crippen MR) is 96.3 cm³/mol. The average molecular weight is 343 g/mol. The van der Waals surface area contributed by atoms with Crippen molar-refractivity contribution in [1.29, 1.82) is 0 Å². The van der Waals surface area contributed by atoms with Crippen molar-refractivity contribution in [1.82, 2.24) is 4.72 Å². The molecule has 2 aromatic rings. The van der Waals surface area contributed by atoms with Crippen LogP contribution >= 0.6 is 0 Å². The van der Waals surface area contributed by atoms with Gasteiger partial charge in [0, 0.05) is 0 Å². The van der Waals surface area contributed by atoms with Gasteiger partial charge in [-0.05, 0) is 31.0 Å². The van der Waals surface area contributed by atoms with Gasteiger partial charge in [-0.2, -0.15) is 0 Å². The molecule has 0 aromatic heterocycles. The lowest BCUT2D eigenvalue weighted by Crippen LogP contribution is -2.25. The summed E-state index contributed by atoms with van der Waals surface area (Å²) in [7, 11) is -3.39. The molecule has 0 saturated carbocycles. The Morgan fingerprint density at radius 3 is 2.58 bits per heavy atom. The maximum atomic E-state index is 12.0. The third-order valence-electron chi connectivity index (χ3n) is 3.34. The fraction of sp³-hybridized carbons (Fsp3) is 0.263. The molecule has 126 valence electrons. The zero-order chi connectivity index (χ0) is 17.4. The second kappa shape index (κ2) is 8.53. The van der Waals surface area contributed by atoms with E-state index < -0.39 is 10.0 Å². The lowest BCUT2D eigenvalue weighted by atomic mass is 10.2. The Morgan fingerprint density at radius 2 is 1.83 bits per heavy atom. The molecule has 0 fully saturated rings. The van der Waals surface area contributed by atoms with Crippen LogP contribution in [0.4, 0.5) is 0 Å². The summed E-state index contributed by atoms with van der Waals surface area (Å²) in [5.41, 5.74) is 2.84. The molecule has 0 atom stereocenters. The number of nitrogens with one attached hydrogen (secondary N) is 1. The predicted octanol–water partition coefficient (Wildman–Crippen LogP) is 2.81. The van der Waals surface area contributed by atoms with E-state index in [2.05, 4.69) is 16.6 Å². The summed E-state index contributed by atoms with van der Waals surface area (Å²) in [6.45, 7) is 4.20. The van der Waals surface area contributed by atoms with Crippen molar-refractivity contribution < 1.29 is 13.2 Å². The zero-order valence-electron chi connectivity index (χ0n) is 13.9. The van der Waals surface area contributed by atoms with Crippen molar-refractivity contribution in [3.63, 3.8) is 0 Å². The molecule has 0 heterocycles. The van der Waals surface area contributed by atoms with Crippen molar-refractivity contribution in [3.8, 4) is 17.6 Å². The average Bonchev–Trinajstić information content (AvgIpc) is 2.52. The fourth-order valence-corrected chi connectivity index (χ4v) is 3.18. The largest absolute Gasteiger partial charge is 0.481 e. The molecular formula is C19H21NO3S. The van der Waals surface area contributed by atoms with Crippen LogP contribution in [0.5, 0.6) is 5.75 Å². The van der Waals surface area contributed by atoms with E-state index in [1.165, 1.54) is 0 Å². The number of aryl methyl sites for hydroxylation is 2. The highest BCUT2D eigenvalue weighted by Crippen LogP contribution is 2.15. The van der Waals surface area contributed by atoms with Crippen LogP contribution in [0.2, 0.25) is 0 Å². The normalized spacial score (nSPS) is 10.8. The fourth-order valence-electron chi connectivity index (χ4n) is 2.16. The molecule has 0 radical (unpaired) electrons. The quantitative estimate of drug-likeness (QED) is 0.821. The van der Waals surface area contributed by atoms with E-state index in [-0.39, 0.29) is 18.9 Å². The Bertz CT molecular complexity index is 848. The molecule has 0 amide bonds. The Hall–Kier alpha value is -2.29. The van der Waals surface area contributed by atoms with E-state index >= 15 is 0 Å². The van der Waals surface area contributed by atoms with Crippen LogP contribution in [-0.2, 0) is 15.8 Å². The first-order valence-electron chi connectivity index (χ1n) is 7.63. The Labute approximate surface area is 143 Å². The number of ether oxygens (including phenoxy) is 1. The van der Waals surface area contributed by atoms with E-state index in [0.717, 1.165) is 22.4 Å². The van der Waals surface area contributed by atoms with Gasteiger partial charge < -0.3 is 4.74 Å². The highest BCUT2D eigenvalue weighted by molar-refractivity contribution is 7.88. The first kappa shape index (κ1) is 18.1. The number of hydrogen-bond acceptors (Lipinski definition) is 3. The molecule has 5 heteroatoms. The second-order valence-electron chi connectivity index (χ2n) is 5.48. The first-order valence-corrected chi connectivity index (χ1v) is 9.28. The van der Waals surface area contributed by atoms with Crippen LogP contribution < -0.4 is 9.46 Å². The SMILES string of the molecule is Cc1cccc(CS(=O)(=O)NCC#CCOc2ccccc2C)c1. The molecule has 4 nitrogen and oxygen atoms in total. The van der Waals surface area contributed by atoms with Gasteiger partial charge in [0.1, 0.15) is 12.4 Å². The number of sulfonamides is 1. The number of para-hydroxylation sites is 1. The smallest absolute Gasteiger partial charge is 0.216 e. The van der Waals surface area contributed by atoms with Crippen LogP contribution in [0.25, 0.3) is 0 Å². The molecular weight excluding hydrogens is 322 g/mol. The highest BCUT2D eigenvalue weighted by Gasteiger charge is 2.10. The lowest BCUT2D eigenvalue weighted by molar-refractivity contribution is 0.367. The van der Waals surface area contributed by atoms with Gasteiger partial charge in [0.15, 0.2) is 0 Å². The van der Waals surface area contributed by atoms with Crippen molar-refractivity contribution >= 4 is 10.0 Å². The van der Waals surface area contributed by atoms with Gasteiger partial charge in [0.2, 0.25) is 10.0 Å². The van der Waals surface area contributed by atoms with E-state index in [0.29, 0.717) is 0 Å². The molecule has 0 unspecified atom stereocenters. The maximum Gasteiger partial charge on any atom is 0.216 e. The standard InChI is InChI=1S/C19H21NO3S/c1-16-8-7-10-18(14-16)15-24(21,22)20-12-5-6-13-23-19-11-4-3-9-17(19)2/h3-4,7-11,14,20H,12-13,15H2,1-2H3. The summed E-state index contributed by atoms with van der Waals surface area (Å²) in [5.74, 6) is 6.31. The summed E-state index contributed by atoms with van der Waals surface area (Å²) in [6.07, 6.45) is 0. The zero-order valence-corrected chi connectivity index (χ0v) is 14.7. The van der Waals surface area contributed by atoms with E-state index in [1.54, 1.807) is 6.07 Å². The van der Waals surface area contributed by atoms with Crippen LogP contribution in [0.1, 0.15) is 16.7 Å². The molecule has 0 aliphatic heterocycles. The Morgan fingerprint density at radius 1 is 1.04 bits per heavy atom. The summed E-state index contributed by atoms with van der Waals surface area (Å²) in [4.78, 5) is 0. The molecule has 0 aliphatic rings. The number of benzene rings is 2. The van der Waals surface area contributed by atoms with Gasteiger partial charge in [0.25, 0.3) is 0 Å². The van der Waals surface area contributed by atoms with Crippen LogP contribution in [0.3, 0.4) is 0 Å². The van der Waals surface area contributed by atoms with Crippen molar-refractivity contribution in [2.24, 2.45) is 0 Å². The summed E-state index contributed by atoms with van der Waals surface area (Å²) < 4.78 is 32.0. The van der Waals surface area contributed by atoms with Gasteiger partial charge in [-0.25, -0.2) is 13.1 Å². The molecule has 2 aromatic carbocycles. The summed E-state index contributed by atoms with van der Waals surface area (Å²) in [5, 5.41) is 0. The van der Waals surface area contributed by atoms with Crippen molar-refractivity contribution in [3.05, 3.63) is 65.2 Å². The van der Waals surface area contributed by atoms with Gasteiger partial charge in [0.05, 0.1) is 12.3 Å². The summed E-state index contributed by atoms with van der Waals surface area (Å²) >= 11 is 0. The topological polar surface area (TPSA) is 55.4 Å². The lowest BCUT2D eigenvalue weighted by Gasteiger charge is -2.05. The minimum absolute atomic E-state index is 0.0456. The molecule has 0 spiro atoms. The second-order valence-corrected chi connectivity index (χ2v) is 7.28. The van der Waals surface area contributed by atoms with E-state index in [9.17, 15) is 8.42 Å². The van der Waals surface area contributed by atoms with E-state index in [4.69, 9.17) is 4.74 Å². The number of hydrogen-bond donors (Lipinski definition) is 1. The monoisotopic (exact) mass is 343 g/mol. The van der Waals surface area contributed by atoms with Gasteiger partial charge >= 0.3 is 0 Å². The Kier molecular flexibility index (Phi) is 6.42. The van der Waals surface area contributed by atoms with Crippen molar-refractivity contribution in [2.75, 3.05) is 13.2 Å². The molecule has 24 heavy (non-hydrogen) atoms. The van der Waals surface area contributed by atoms with Crippen LogP contribution in [-0.4, -0.2) is 21.6 Å². The third kappa shape index (κ3) is 6.07. The number of rotatable bonds is 6. The third-order valence-corrected chi connectivity index (χ3v) is 4.64. The van der Waals surface area contributed by atoms with Crippen LogP contribution in [0, 0.1) is 25.7 Å². The van der Waals surface area contributed by atoms with Gasteiger partial charge in [-0.3, -0.25) is 0 Å². The minimum Gasteiger partial charge on any atom is -0.481 e.